The second-order valence-corrected chi connectivity index (χ2v) is 38.3. The number of para-hydroxylation sites is 2. The number of hydrogen-bond acceptors (Lipinski definition) is 9. The smallest absolute Gasteiger partial charge is 0.264 e. The van der Waals surface area contributed by atoms with Crippen molar-refractivity contribution in [2.45, 2.75) is 132 Å². The second-order valence-electron chi connectivity index (χ2n) is 35.4. The molecule has 101 heavy (non-hydrogen) atoms. The Morgan fingerprint density at radius 2 is 0.792 bits per heavy atom. The molecule has 8 heterocycles. The molecule has 0 amide bonds. The van der Waals surface area contributed by atoms with Gasteiger partial charge >= 0.3 is 0 Å². The standard InChI is InChI=1S/C89H77B3N4O2S3/c1-99-96-70-38-75-67(36-65(70)92-81-72(31-58(32-73(81)96)88-42-51-23-52(43-88)25-53(24-51)44-88)95(61-14-6-3-7-15-61)84-63-17-9-11-19-79(63)101-86(84)92)90-66-35-64-68(37-74(66)97-76-33-59(34-77(98-75)82(76)90)89-45-54-26-55(46-89)28-56(27-54)47-89)93-69-29-57(87-39-48-20-49(40-87)22-50(21-48)41-87)30-71-80(69)91(64)85-83(62-16-8-10-18-78(62)100-85)94(71)60-12-4-2-5-13-60/h2-19,29-38,48-56,93H,20-28,39-47H2,1H3. The van der Waals surface area contributed by atoms with Crippen LogP contribution in [0.1, 0.15) is 132 Å². The van der Waals surface area contributed by atoms with Gasteiger partial charge < -0.3 is 24.6 Å². The van der Waals surface area contributed by atoms with Crippen LogP contribution in [0.5, 0.6) is 23.0 Å². The van der Waals surface area contributed by atoms with Crippen molar-refractivity contribution in [2.24, 2.45) is 53.3 Å². The van der Waals surface area contributed by atoms with E-state index in [0.717, 1.165) is 76.3 Å². The predicted octanol–water partition coefficient (Wildman–Crippen LogP) is 17.6. The molecule has 9 aromatic carbocycles. The van der Waals surface area contributed by atoms with Crippen molar-refractivity contribution in [1.82, 2.24) is 0 Å². The predicted molar refractivity (Wildman–Crippen MR) is 425 cm³/mol. The molecule has 12 bridgehead atoms. The van der Waals surface area contributed by atoms with E-state index in [1.807, 2.05) is 34.6 Å². The Bertz CT molecular complexity index is 5440. The molecule has 18 aliphatic rings. The summed E-state index contributed by atoms with van der Waals surface area (Å²) in [7, 11) is 0. The summed E-state index contributed by atoms with van der Waals surface area (Å²) in [6, 6.07) is 67.9. The van der Waals surface area contributed by atoms with Crippen LogP contribution < -0.4 is 76.7 Å². The molecule has 0 unspecified atom stereocenters. The summed E-state index contributed by atoms with van der Waals surface area (Å²) in [4.78, 5) is 5.41. The number of benzene rings is 9. The van der Waals surface area contributed by atoms with E-state index < -0.39 is 0 Å². The molecular weight excluding hydrogens is 1290 g/mol. The molecule has 0 atom stereocenters. The number of nitrogens with one attached hydrogen (secondary N) is 1. The first-order valence-corrected chi connectivity index (χ1v) is 41.6. The van der Waals surface area contributed by atoms with E-state index in [0.29, 0.717) is 0 Å². The molecule has 12 heteroatoms. The molecule has 12 aliphatic carbocycles. The van der Waals surface area contributed by atoms with Crippen molar-refractivity contribution >= 4 is 180 Å². The minimum absolute atomic E-state index is 0.00365. The van der Waals surface area contributed by atoms with E-state index in [9.17, 15) is 0 Å². The van der Waals surface area contributed by atoms with E-state index in [4.69, 9.17) is 9.47 Å². The minimum Gasteiger partial charge on any atom is -0.458 e. The largest absolute Gasteiger partial charge is 0.458 e. The molecule has 0 spiro atoms. The van der Waals surface area contributed by atoms with Crippen molar-refractivity contribution in [3.63, 3.8) is 0 Å². The van der Waals surface area contributed by atoms with Crippen LogP contribution in [-0.2, 0) is 16.2 Å². The first-order valence-electron chi connectivity index (χ1n) is 38.8. The fourth-order valence-corrected chi connectivity index (χ4v) is 30.7. The highest BCUT2D eigenvalue weighted by Crippen LogP contribution is 2.66. The minimum atomic E-state index is -0.146. The molecule has 0 saturated heterocycles. The van der Waals surface area contributed by atoms with Gasteiger partial charge in [0.15, 0.2) is 0 Å². The first kappa shape index (κ1) is 56.7. The summed E-state index contributed by atoms with van der Waals surface area (Å²) in [5.74, 6) is 11.4. The zero-order chi connectivity index (χ0) is 65.3. The summed E-state index contributed by atoms with van der Waals surface area (Å²) in [6.07, 6.45) is 26.9. The lowest BCUT2D eigenvalue weighted by atomic mass is 9.31. The van der Waals surface area contributed by atoms with Crippen molar-refractivity contribution in [2.75, 3.05) is 25.7 Å². The van der Waals surface area contributed by atoms with E-state index >= 15 is 0 Å². The van der Waals surface area contributed by atoms with Gasteiger partial charge in [0.05, 0.1) is 22.7 Å². The van der Waals surface area contributed by atoms with E-state index in [1.165, 1.54) is 246 Å². The maximum atomic E-state index is 7.90. The van der Waals surface area contributed by atoms with Gasteiger partial charge in [0.2, 0.25) is 0 Å². The van der Waals surface area contributed by atoms with Crippen LogP contribution in [0.2, 0.25) is 0 Å². The zero-order valence-electron chi connectivity index (χ0n) is 57.2. The van der Waals surface area contributed by atoms with Crippen molar-refractivity contribution in [3.05, 3.63) is 187 Å². The third-order valence-corrected chi connectivity index (χ3v) is 33.0. The van der Waals surface area contributed by atoms with Gasteiger partial charge in [-0.1, -0.05) is 84.9 Å². The SMILES string of the molecule is CSN1c2cc3c(cc2B2c4sc5ccccc5c4N(c4ccccc4)c4cc(C56CC7CC(CC(C7)C5)C6)cc1c42)B1c2cc4c(cc2Oc2cc(C56CC7CC(CC(C7)C5)C6)cc(c21)O3)Nc1cc(C23CC5CC(CC(C5)C2)C3)cc2c1B4c1sc3ccccc3c1N2c1ccccc1. The van der Waals surface area contributed by atoms with E-state index in [-0.39, 0.29) is 36.4 Å². The molecular formula is C89H77B3N4O2S3. The Kier molecular flexibility index (Phi) is 11.1. The van der Waals surface area contributed by atoms with Crippen molar-refractivity contribution in [3.8, 4) is 23.0 Å². The Balaban J connectivity index is 0.711. The summed E-state index contributed by atoms with van der Waals surface area (Å²) >= 11 is 5.92. The molecule has 12 saturated carbocycles. The fourth-order valence-electron chi connectivity index (χ4n) is 27.4. The van der Waals surface area contributed by atoms with Gasteiger partial charge in [0.25, 0.3) is 20.1 Å². The number of fused-ring (bicyclic) bond motifs is 16. The van der Waals surface area contributed by atoms with Crippen molar-refractivity contribution in [1.29, 1.82) is 0 Å². The van der Waals surface area contributed by atoms with E-state index in [2.05, 4.69) is 196 Å². The Labute approximate surface area is 605 Å². The third-order valence-electron chi connectivity index (χ3n) is 29.8. The number of thiophene rings is 2. The molecule has 6 aliphatic heterocycles. The molecule has 1 N–H and O–H groups in total. The van der Waals surface area contributed by atoms with Gasteiger partial charge in [-0.15, -0.1) is 22.7 Å². The lowest BCUT2D eigenvalue weighted by Crippen LogP contribution is -2.64. The maximum absolute atomic E-state index is 7.90. The molecule has 492 valence electrons. The topological polar surface area (TPSA) is 40.2 Å². The van der Waals surface area contributed by atoms with Gasteiger partial charge in [-0.05, 0) is 319 Å². The van der Waals surface area contributed by atoms with E-state index in [1.54, 1.807) is 11.1 Å². The van der Waals surface area contributed by atoms with Gasteiger partial charge in [0, 0.05) is 87.7 Å². The lowest BCUT2D eigenvalue weighted by Gasteiger charge is -2.57. The van der Waals surface area contributed by atoms with Gasteiger partial charge in [0.1, 0.15) is 23.0 Å². The zero-order valence-corrected chi connectivity index (χ0v) is 59.7. The summed E-state index contributed by atoms with van der Waals surface area (Å²) in [6.45, 7) is -0.157. The lowest BCUT2D eigenvalue weighted by molar-refractivity contribution is -0.00538. The number of anilines is 10. The van der Waals surface area contributed by atoms with Crippen LogP contribution in [0.4, 0.5) is 56.9 Å². The number of hydrogen-bond donors (Lipinski definition) is 1. The average molecular weight is 1360 g/mol. The van der Waals surface area contributed by atoms with Gasteiger partial charge in [-0.2, -0.15) is 0 Å². The normalized spacial score (nSPS) is 30.1. The number of nitrogens with zero attached hydrogens (tertiary/aromatic N) is 3. The highest BCUT2D eigenvalue weighted by atomic mass is 32.2. The van der Waals surface area contributed by atoms with Crippen LogP contribution in [0, 0.1) is 53.3 Å². The van der Waals surface area contributed by atoms with Crippen LogP contribution in [0.15, 0.2) is 170 Å². The second kappa shape index (κ2) is 19.7. The maximum Gasteiger partial charge on any atom is 0.264 e. The third kappa shape index (κ3) is 7.56. The Morgan fingerprint density at radius 3 is 1.29 bits per heavy atom. The molecule has 6 nitrogen and oxygen atoms in total. The summed E-state index contributed by atoms with van der Waals surface area (Å²) < 4.78 is 23.9. The van der Waals surface area contributed by atoms with Crippen LogP contribution in [-0.4, -0.2) is 26.4 Å². The molecule has 29 rings (SSSR count). The number of rotatable bonds is 6. The fraction of sp³-hybridized carbons (Fsp3) is 0.348. The Morgan fingerprint density at radius 1 is 0.376 bits per heavy atom. The monoisotopic (exact) mass is 1360 g/mol. The first-order chi connectivity index (χ1) is 49.7. The quantitative estimate of drug-likeness (QED) is 0.131. The molecule has 0 radical (unpaired) electrons. The molecule has 12 fully saturated rings. The highest BCUT2D eigenvalue weighted by Gasteiger charge is 2.58. The molecule has 2 aromatic heterocycles. The molecule has 11 aromatic rings. The summed E-state index contributed by atoms with van der Waals surface area (Å²) in [5, 5.41) is 7.05. The summed E-state index contributed by atoms with van der Waals surface area (Å²) in [5.41, 5.74) is 27.4. The van der Waals surface area contributed by atoms with Crippen molar-refractivity contribution < 1.29 is 9.47 Å². The van der Waals surface area contributed by atoms with Crippen LogP contribution >= 0.6 is 34.6 Å². The average Bonchev–Trinajstić information content (AvgIpc) is 1.67. The highest BCUT2D eigenvalue weighted by molar-refractivity contribution is 8.00. The Hall–Kier alpha value is -7.76. The van der Waals surface area contributed by atoms with Crippen LogP contribution in [0.25, 0.3) is 20.2 Å². The van der Waals surface area contributed by atoms with Gasteiger partial charge in [-0.25, -0.2) is 0 Å². The van der Waals surface area contributed by atoms with Gasteiger partial charge in [-0.3, -0.25) is 4.31 Å². The number of ether oxygens (including phenoxy) is 2. The van der Waals surface area contributed by atoms with Crippen LogP contribution in [0.3, 0.4) is 0 Å².